The number of carbonyl (C=O) groups excluding carboxylic acids is 1. The van der Waals surface area contributed by atoms with E-state index in [-0.39, 0.29) is 12.5 Å². The van der Waals surface area contributed by atoms with Crippen LogP contribution >= 0.6 is 0 Å². The lowest BCUT2D eigenvalue weighted by Gasteiger charge is -2.35. The molecule has 1 amide bonds. The van der Waals surface area contributed by atoms with Crippen molar-refractivity contribution in [2.75, 3.05) is 32.7 Å². The SMILES string of the molecule is CCNC(=NCC(=O)N(CC)Cc1ccccc1)NC1CCN(C(C)C)CC1. The molecule has 1 aromatic carbocycles. The molecular weight excluding hydrogens is 350 g/mol. The number of piperidine rings is 1. The first-order valence-electron chi connectivity index (χ1n) is 10.6. The number of benzene rings is 1. The molecule has 2 rings (SSSR count). The molecule has 28 heavy (non-hydrogen) atoms. The van der Waals surface area contributed by atoms with Gasteiger partial charge in [-0.1, -0.05) is 30.3 Å². The summed E-state index contributed by atoms with van der Waals surface area (Å²) in [6.45, 7) is 13.0. The molecule has 2 N–H and O–H groups in total. The average molecular weight is 388 g/mol. The normalized spacial score (nSPS) is 16.2. The summed E-state index contributed by atoms with van der Waals surface area (Å²) in [5, 5.41) is 6.80. The van der Waals surface area contributed by atoms with E-state index in [2.05, 4.69) is 34.4 Å². The van der Waals surface area contributed by atoms with E-state index in [0.717, 1.165) is 44.0 Å². The van der Waals surface area contributed by atoms with Crippen LogP contribution in [0.3, 0.4) is 0 Å². The summed E-state index contributed by atoms with van der Waals surface area (Å²) >= 11 is 0. The minimum Gasteiger partial charge on any atom is -0.357 e. The lowest BCUT2D eigenvalue weighted by Crippen LogP contribution is -2.50. The fraction of sp³-hybridized carbons (Fsp3) is 0.636. The lowest BCUT2D eigenvalue weighted by molar-refractivity contribution is -0.130. The number of hydrogen-bond donors (Lipinski definition) is 2. The molecule has 0 atom stereocenters. The predicted molar refractivity (Wildman–Crippen MR) is 116 cm³/mol. The fourth-order valence-corrected chi connectivity index (χ4v) is 3.50. The second kappa shape index (κ2) is 11.7. The number of amides is 1. The van der Waals surface area contributed by atoms with E-state index in [1.54, 1.807) is 0 Å². The summed E-state index contributed by atoms with van der Waals surface area (Å²) in [7, 11) is 0. The van der Waals surface area contributed by atoms with Gasteiger partial charge in [0.1, 0.15) is 6.54 Å². The maximum Gasteiger partial charge on any atom is 0.244 e. The fourth-order valence-electron chi connectivity index (χ4n) is 3.50. The monoisotopic (exact) mass is 387 g/mol. The van der Waals surface area contributed by atoms with Gasteiger partial charge in [-0.2, -0.15) is 0 Å². The molecule has 0 bridgehead atoms. The second-order valence-corrected chi connectivity index (χ2v) is 7.64. The van der Waals surface area contributed by atoms with Gasteiger partial charge in [0.25, 0.3) is 0 Å². The number of carbonyl (C=O) groups is 1. The van der Waals surface area contributed by atoms with Gasteiger partial charge in [-0.05, 0) is 46.1 Å². The van der Waals surface area contributed by atoms with Crippen molar-refractivity contribution >= 4 is 11.9 Å². The zero-order valence-corrected chi connectivity index (χ0v) is 17.9. The Balaban J connectivity index is 1.89. The standard InChI is InChI=1S/C22H37N5O/c1-5-23-22(25-20-12-14-27(15-13-20)18(3)4)24-16-21(28)26(6-2)17-19-10-8-7-9-11-19/h7-11,18,20H,5-6,12-17H2,1-4H3,(H2,23,24,25). The first kappa shape index (κ1) is 22.2. The van der Waals surface area contributed by atoms with E-state index >= 15 is 0 Å². The smallest absolute Gasteiger partial charge is 0.244 e. The molecule has 156 valence electrons. The number of rotatable bonds is 8. The lowest BCUT2D eigenvalue weighted by atomic mass is 10.0. The average Bonchev–Trinajstić information content (AvgIpc) is 2.71. The summed E-state index contributed by atoms with van der Waals surface area (Å²) in [6.07, 6.45) is 2.21. The van der Waals surface area contributed by atoms with Crippen LogP contribution in [0.15, 0.2) is 35.3 Å². The molecule has 1 aliphatic heterocycles. The second-order valence-electron chi connectivity index (χ2n) is 7.64. The summed E-state index contributed by atoms with van der Waals surface area (Å²) in [5.41, 5.74) is 1.14. The molecule has 1 saturated heterocycles. The largest absolute Gasteiger partial charge is 0.357 e. The third-order valence-electron chi connectivity index (χ3n) is 5.27. The van der Waals surface area contributed by atoms with E-state index in [0.29, 0.717) is 25.2 Å². The number of aliphatic imine (C=N–C) groups is 1. The zero-order chi connectivity index (χ0) is 20.4. The first-order valence-corrected chi connectivity index (χ1v) is 10.6. The molecule has 0 radical (unpaired) electrons. The number of guanidine groups is 1. The van der Waals surface area contributed by atoms with Gasteiger partial charge in [0.15, 0.2) is 5.96 Å². The Bertz CT molecular complexity index is 609. The van der Waals surface area contributed by atoms with Crippen molar-refractivity contribution in [1.82, 2.24) is 20.4 Å². The Morgan fingerprint density at radius 2 is 1.89 bits per heavy atom. The Labute approximate surface area is 170 Å². The van der Waals surface area contributed by atoms with Crippen molar-refractivity contribution in [3.63, 3.8) is 0 Å². The quantitative estimate of drug-likeness (QED) is 0.531. The van der Waals surface area contributed by atoms with Crippen LogP contribution in [0.1, 0.15) is 46.1 Å². The maximum absolute atomic E-state index is 12.7. The molecule has 1 heterocycles. The molecule has 1 aromatic rings. The van der Waals surface area contributed by atoms with E-state index < -0.39 is 0 Å². The topological polar surface area (TPSA) is 60.0 Å². The molecule has 0 aliphatic carbocycles. The summed E-state index contributed by atoms with van der Waals surface area (Å²) < 4.78 is 0. The Hall–Kier alpha value is -2.08. The van der Waals surface area contributed by atoms with Gasteiger partial charge in [-0.15, -0.1) is 0 Å². The molecule has 1 fully saturated rings. The third-order valence-corrected chi connectivity index (χ3v) is 5.27. The van der Waals surface area contributed by atoms with Crippen LogP contribution in [-0.2, 0) is 11.3 Å². The number of likely N-dealkylation sites (N-methyl/N-ethyl adjacent to an activating group) is 1. The van der Waals surface area contributed by atoms with E-state index in [9.17, 15) is 4.79 Å². The highest BCUT2D eigenvalue weighted by atomic mass is 16.2. The van der Waals surface area contributed by atoms with E-state index in [1.165, 1.54) is 0 Å². The van der Waals surface area contributed by atoms with Gasteiger partial charge in [-0.25, -0.2) is 4.99 Å². The zero-order valence-electron chi connectivity index (χ0n) is 17.9. The highest BCUT2D eigenvalue weighted by molar-refractivity contribution is 5.85. The van der Waals surface area contributed by atoms with Gasteiger partial charge in [0.2, 0.25) is 5.91 Å². The Morgan fingerprint density at radius 1 is 1.21 bits per heavy atom. The molecule has 0 unspecified atom stereocenters. The summed E-state index contributed by atoms with van der Waals surface area (Å²) in [6, 6.07) is 11.1. The van der Waals surface area contributed by atoms with Crippen molar-refractivity contribution in [1.29, 1.82) is 0 Å². The number of nitrogens with one attached hydrogen (secondary N) is 2. The molecule has 0 spiro atoms. The predicted octanol–water partition coefficient (Wildman–Crippen LogP) is 2.46. The first-order chi connectivity index (χ1) is 13.5. The van der Waals surface area contributed by atoms with Crippen LogP contribution in [-0.4, -0.2) is 66.5 Å². The highest BCUT2D eigenvalue weighted by Gasteiger charge is 2.21. The number of hydrogen-bond acceptors (Lipinski definition) is 3. The van der Waals surface area contributed by atoms with Crippen LogP contribution in [0, 0.1) is 0 Å². The van der Waals surface area contributed by atoms with Gasteiger partial charge in [-0.3, -0.25) is 4.79 Å². The Morgan fingerprint density at radius 3 is 2.46 bits per heavy atom. The molecule has 6 heteroatoms. The summed E-state index contributed by atoms with van der Waals surface area (Å²) in [5.74, 6) is 0.799. The van der Waals surface area contributed by atoms with Crippen LogP contribution in [0.5, 0.6) is 0 Å². The van der Waals surface area contributed by atoms with Gasteiger partial charge >= 0.3 is 0 Å². The number of likely N-dealkylation sites (tertiary alicyclic amines) is 1. The molecule has 1 aliphatic rings. The van der Waals surface area contributed by atoms with Crippen molar-refractivity contribution in [2.24, 2.45) is 4.99 Å². The van der Waals surface area contributed by atoms with E-state index in [4.69, 9.17) is 0 Å². The molecule has 0 saturated carbocycles. The van der Waals surface area contributed by atoms with Crippen LogP contribution in [0.2, 0.25) is 0 Å². The molecular formula is C22H37N5O. The molecule has 6 nitrogen and oxygen atoms in total. The molecule has 0 aromatic heterocycles. The minimum atomic E-state index is 0.0539. The summed E-state index contributed by atoms with van der Waals surface area (Å²) in [4.78, 5) is 21.6. The van der Waals surface area contributed by atoms with Crippen molar-refractivity contribution < 1.29 is 4.79 Å². The van der Waals surface area contributed by atoms with Crippen molar-refractivity contribution in [3.8, 4) is 0 Å². The van der Waals surface area contributed by atoms with Crippen molar-refractivity contribution in [3.05, 3.63) is 35.9 Å². The van der Waals surface area contributed by atoms with E-state index in [1.807, 2.05) is 49.1 Å². The van der Waals surface area contributed by atoms with Gasteiger partial charge in [0.05, 0.1) is 0 Å². The highest BCUT2D eigenvalue weighted by Crippen LogP contribution is 2.12. The van der Waals surface area contributed by atoms with Gasteiger partial charge < -0.3 is 20.4 Å². The van der Waals surface area contributed by atoms with Crippen LogP contribution in [0.25, 0.3) is 0 Å². The van der Waals surface area contributed by atoms with Crippen molar-refractivity contribution in [2.45, 2.75) is 59.2 Å². The van der Waals surface area contributed by atoms with Crippen LogP contribution in [0.4, 0.5) is 0 Å². The minimum absolute atomic E-state index is 0.0539. The maximum atomic E-state index is 12.7. The van der Waals surface area contributed by atoms with Gasteiger partial charge in [0, 0.05) is 44.8 Å². The Kier molecular flexibility index (Phi) is 9.28. The number of nitrogens with zero attached hydrogens (tertiary/aromatic N) is 3. The third kappa shape index (κ3) is 7.15. The van der Waals surface area contributed by atoms with Crippen LogP contribution < -0.4 is 10.6 Å².